The predicted molar refractivity (Wildman–Crippen MR) is 123 cm³/mol. The molecule has 0 radical (unpaired) electrons. The second-order valence-electron chi connectivity index (χ2n) is 6.49. The molecule has 3 aromatic rings. The predicted octanol–water partition coefficient (Wildman–Crippen LogP) is 5.00. The molecular formula is C24H23N3O4. The Morgan fingerprint density at radius 3 is 1.77 bits per heavy atom. The maximum absolute atomic E-state index is 12.2. The topological polar surface area (TPSA) is 88.7 Å². The normalized spacial score (nSPS) is 10.4. The van der Waals surface area contributed by atoms with Crippen LogP contribution in [0, 0.1) is 0 Å². The molecule has 7 nitrogen and oxygen atoms in total. The van der Waals surface area contributed by atoms with E-state index < -0.39 is 0 Å². The van der Waals surface area contributed by atoms with Gasteiger partial charge < -0.3 is 25.4 Å². The Labute approximate surface area is 180 Å². The highest BCUT2D eigenvalue weighted by molar-refractivity contribution is 6.02. The number of carbonyl (C=O) groups is 2. The molecule has 3 rings (SSSR count). The van der Waals surface area contributed by atoms with Crippen LogP contribution in [0.15, 0.2) is 78.9 Å². The minimum absolute atomic E-state index is 0.288. The zero-order valence-corrected chi connectivity index (χ0v) is 17.2. The van der Waals surface area contributed by atoms with Gasteiger partial charge in [-0.1, -0.05) is 18.2 Å². The van der Waals surface area contributed by atoms with Crippen molar-refractivity contribution in [3.8, 4) is 11.5 Å². The molecule has 0 bridgehead atoms. The van der Waals surface area contributed by atoms with Gasteiger partial charge in [-0.05, 0) is 60.2 Å². The number of para-hydroxylation sites is 1. The van der Waals surface area contributed by atoms with Gasteiger partial charge >= 0.3 is 6.03 Å². The Morgan fingerprint density at radius 2 is 1.23 bits per heavy atom. The smallest absolute Gasteiger partial charge is 0.323 e. The molecule has 0 aliphatic heterocycles. The van der Waals surface area contributed by atoms with E-state index in [9.17, 15) is 9.59 Å². The van der Waals surface area contributed by atoms with Crippen molar-refractivity contribution in [2.75, 3.05) is 30.2 Å². The molecule has 0 heterocycles. The van der Waals surface area contributed by atoms with Crippen molar-refractivity contribution in [3.05, 3.63) is 84.4 Å². The minimum atomic E-state index is -0.348. The van der Waals surface area contributed by atoms with Crippen molar-refractivity contribution >= 4 is 35.1 Å². The number of nitrogens with one attached hydrogen (secondary N) is 3. The molecule has 3 aromatic carbocycles. The first-order valence-electron chi connectivity index (χ1n) is 9.51. The standard InChI is InChI=1S/C24H23N3O4/c1-30-21-14-17(15-22(16-21)31-2)8-13-23(28)25-19-9-11-20(12-10-19)27-24(29)26-18-6-4-3-5-7-18/h3-16H,1-2H3,(H,25,28)(H2,26,27,29). The van der Waals surface area contributed by atoms with Crippen LogP contribution in [0.2, 0.25) is 0 Å². The van der Waals surface area contributed by atoms with Crippen molar-refractivity contribution < 1.29 is 19.1 Å². The fourth-order valence-corrected chi connectivity index (χ4v) is 2.73. The quantitative estimate of drug-likeness (QED) is 0.472. The Balaban J connectivity index is 1.55. The van der Waals surface area contributed by atoms with Gasteiger partial charge in [0, 0.05) is 29.2 Å². The summed E-state index contributed by atoms with van der Waals surface area (Å²) in [7, 11) is 3.14. The molecule has 0 atom stereocenters. The van der Waals surface area contributed by atoms with Crippen molar-refractivity contribution in [2.45, 2.75) is 0 Å². The first-order chi connectivity index (χ1) is 15.1. The van der Waals surface area contributed by atoms with Gasteiger partial charge in [0.15, 0.2) is 0 Å². The van der Waals surface area contributed by atoms with E-state index in [1.165, 1.54) is 6.08 Å². The number of amides is 3. The highest BCUT2D eigenvalue weighted by Gasteiger charge is 2.04. The Kier molecular flexibility index (Phi) is 7.26. The molecule has 0 aliphatic carbocycles. The van der Waals surface area contributed by atoms with E-state index in [1.54, 1.807) is 74.9 Å². The van der Waals surface area contributed by atoms with Crippen molar-refractivity contribution in [3.63, 3.8) is 0 Å². The summed E-state index contributed by atoms with van der Waals surface area (Å²) in [4.78, 5) is 24.3. The number of anilines is 3. The lowest BCUT2D eigenvalue weighted by Crippen LogP contribution is -2.19. The summed E-state index contributed by atoms with van der Waals surface area (Å²) in [5.74, 6) is 0.988. The van der Waals surface area contributed by atoms with E-state index in [4.69, 9.17) is 9.47 Å². The molecule has 3 N–H and O–H groups in total. The minimum Gasteiger partial charge on any atom is -0.497 e. The number of carbonyl (C=O) groups excluding carboxylic acids is 2. The molecule has 0 spiro atoms. The van der Waals surface area contributed by atoms with Gasteiger partial charge in [0.05, 0.1) is 14.2 Å². The fraction of sp³-hybridized carbons (Fsp3) is 0.0833. The highest BCUT2D eigenvalue weighted by Crippen LogP contribution is 2.23. The van der Waals surface area contributed by atoms with Gasteiger partial charge in [0.2, 0.25) is 5.91 Å². The lowest BCUT2D eigenvalue weighted by Gasteiger charge is -2.08. The highest BCUT2D eigenvalue weighted by atomic mass is 16.5. The van der Waals surface area contributed by atoms with Crippen LogP contribution in [0.5, 0.6) is 11.5 Å². The second-order valence-corrected chi connectivity index (χ2v) is 6.49. The van der Waals surface area contributed by atoms with Crippen molar-refractivity contribution in [1.29, 1.82) is 0 Å². The van der Waals surface area contributed by atoms with Gasteiger partial charge in [-0.25, -0.2) is 4.79 Å². The van der Waals surface area contributed by atoms with E-state index in [-0.39, 0.29) is 11.9 Å². The van der Waals surface area contributed by atoms with Gasteiger partial charge in [-0.15, -0.1) is 0 Å². The van der Waals surface area contributed by atoms with Crippen LogP contribution in [-0.2, 0) is 4.79 Å². The number of urea groups is 1. The molecular weight excluding hydrogens is 394 g/mol. The molecule has 0 unspecified atom stereocenters. The van der Waals surface area contributed by atoms with Gasteiger partial charge in [-0.2, -0.15) is 0 Å². The largest absolute Gasteiger partial charge is 0.497 e. The van der Waals surface area contributed by atoms with Gasteiger partial charge in [0.1, 0.15) is 11.5 Å². The Hall–Kier alpha value is -4.26. The Bertz CT molecular complexity index is 1040. The first-order valence-corrected chi connectivity index (χ1v) is 9.51. The summed E-state index contributed by atoms with van der Waals surface area (Å²) in [5, 5.41) is 8.25. The van der Waals surface area contributed by atoms with Crippen molar-refractivity contribution in [2.24, 2.45) is 0 Å². The monoisotopic (exact) mass is 417 g/mol. The number of ether oxygens (including phenoxy) is 2. The maximum atomic E-state index is 12.2. The summed E-state index contributed by atoms with van der Waals surface area (Å²) < 4.78 is 10.4. The van der Waals surface area contributed by atoms with E-state index >= 15 is 0 Å². The third-order valence-electron chi connectivity index (χ3n) is 4.24. The molecule has 0 saturated heterocycles. The molecule has 0 aliphatic rings. The number of rotatable bonds is 7. The van der Waals surface area contributed by atoms with Crippen LogP contribution in [0.25, 0.3) is 6.08 Å². The zero-order chi connectivity index (χ0) is 22.1. The Morgan fingerprint density at radius 1 is 0.710 bits per heavy atom. The van der Waals surface area contributed by atoms with Crippen LogP contribution < -0.4 is 25.4 Å². The van der Waals surface area contributed by atoms with Crippen LogP contribution in [-0.4, -0.2) is 26.2 Å². The molecule has 7 heteroatoms. The maximum Gasteiger partial charge on any atom is 0.323 e. The van der Waals surface area contributed by atoms with E-state index in [2.05, 4.69) is 16.0 Å². The summed E-state index contributed by atoms with van der Waals surface area (Å²) in [6, 6.07) is 21.0. The SMILES string of the molecule is COc1cc(C=CC(=O)Nc2ccc(NC(=O)Nc3ccccc3)cc2)cc(OC)c1. The number of hydrogen-bond acceptors (Lipinski definition) is 4. The lowest BCUT2D eigenvalue weighted by atomic mass is 10.2. The summed E-state index contributed by atoms with van der Waals surface area (Å²) >= 11 is 0. The van der Waals surface area contributed by atoms with E-state index in [0.717, 1.165) is 5.56 Å². The fourth-order valence-electron chi connectivity index (χ4n) is 2.73. The number of benzene rings is 3. The summed E-state index contributed by atoms with van der Waals surface area (Å²) in [6.07, 6.45) is 3.10. The third-order valence-corrected chi connectivity index (χ3v) is 4.24. The van der Waals surface area contributed by atoms with Crippen LogP contribution in [0.4, 0.5) is 21.9 Å². The average Bonchev–Trinajstić information content (AvgIpc) is 2.79. The van der Waals surface area contributed by atoms with E-state index in [1.807, 2.05) is 18.2 Å². The van der Waals surface area contributed by atoms with Gasteiger partial charge in [-0.3, -0.25) is 4.79 Å². The zero-order valence-electron chi connectivity index (χ0n) is 17.2. The summed E-state index contributed by atoms with van der Waals surface area (Å²) in [5.41, 5.74) is 2.68. The van der Waals surface area contributed by atoms with Crippen molar-refractivity contribution in [1.82, 2.24) is 0 Å². The first kappa shape index (κ1) is 21.4. The molecule has 3 amide bonds. The molecule has 31 heavy (non-hydrogen) atoms. The lowest BCUT2D eigenvalue weighted by molar-refractivity contribution is -0.111. The van der Waals surface area contributed by atoms with Gasteiger partial charge in [0.25, 0.3) is 0 Å². The second kappa shape index (κ2) is 10.5. The third kappa shape index (κ3) is 6.64. The molecule has 158 valence electrons. The molecule has 0 aromatic heterocycles. The van der Waals surface area contributed by atoms with Crippen LogP contribution >= 0.6 is 0 Å². The number of methoxy groups -OCH3 is 2. The average molecular weight is 417 g/mol. The summed E-state index contributed by atoms with van der Waals surface area (Å²) in [6.45, 7) is 0. The molecule has 0 saturated carbocycles. The van der Waals surface area contributed by atoms with Crippen LogP contribution in [0.3, 0.4) is 0 Å². The van der Waals surface area contributed by atoms with Crippen LogP contribution in [0.1, 0.15) is 5.56 Å². The molecule has 0 fully saturated rings. The van der Waals surface area contributed by atoms with E-state index in [0.29, 0.717) is 28.6 Å². The number of hydrogen-bond donors (Lipinski definition) is 3.